The molecule has 0 aliphatic heterocycles. The number of amides is 1. The highest BCUT2D eigenvalue weighted by atomic mass is 16.2. The molecule has 0 bridgehead atoms. The second-order valence-corrected chi connectivity index (χ2v) is 4.35. The third-order valence-electron chi connectivity index (χ3n) is 3.06. The van der Waals surface area contributed by atoms with Crippen molar-refractivity contribution >= 4 is 28.9 Å². The maximum absolute atomic E-state index is 12.3. The van der Waals surface area contributed by atoms with E-state index in [1.165, 1.54) is 0 Å². The lowest BCUT2D eigenvalue weighted by atomic mass is 10.1. The number of fused-ring (bicyclic) bond motifs is 1. The largest absolute Gasteiger partial charge is 0.306 e. The number of hydrogen-bond acceptors (Lipinski definition) is 4. The number of carbonyl (C=O) groups is 2. The zero-order valence-corrected chi connectivity index (χ0v) is 10.9. The molecule has 0 spiro atoms. The number of para-hydroxylation sites is 1. The Hall–Kier alpha value is -3.08. The van der Waals surface area contributed by atoms with Crippen LogP contribution in [0, 0.1) is 6.33 Å². The Morgan fingerprint density at radius 1 is 1.05 bits per heavy atom. The number of aldehydes is 1. The van der Waals surface area contributed by atoms with E-state index in [-0.39, 0.29) is 0 Å². The van der Waals surface area contributed by atoms with Crippen LogP contribution in [0.4, 0.5) is 5.82 Å². The van der Waals surface area contributed by atoms with Crippen molar-refractivity contribution in [3.8, 4) is 0 Å². The minimum atomic E-state index is -0.394. The summed E-state index contributed by atoms with van der Waals surface area (Å²) in [4.78, 5) is 31.3. The highest BCUT2D eigenvalue weighted by Gasteiger charge is 2.13. The molecular formula is C16H10N3O2. The molecule has 0 atom stereocenters. The van der Waals surface area contributed by atoms with Crippen molar-refractivity contribution in [2.75, 3.05) is 5.32 Å². The van der Waals surface area contributed by atoms with E-state index in [0.29, 0.717) is 34.1 Å². The molecule has 0 saturated heterocycles. The molecule has 1 heterocycles. The van der Waals surface area contributed by atoms with Gasteiger partial charge in [-0.1, -0.05) is 30.3 Å². The highest BCUT2D eigenvalue weighted by Crippen LogP contribution is 2.19. The Labute approximate surface area is 120 Å². The second kappa shape index (κ2) is 5.50. The quantitative estimate of drug-likeness (QED) is 0.746. The topological polar surface area (TPSA) is 72.0 Å². The fourth-order valence-corrected chi connectivity index (χ4v) is 2.04. The molecule has 0 aliphatic carbocycles. The van der Waals surface area contributed by atoms with Gasteiger partial charge in [0.2, 0.25) is 0 Å². The normalized spacial score (nSPS) is 10.3. The van der Waals surface area contributed by atoms with Gasteiger partial charge in [-0.05, 0) is 18.2 Å². The molecule has 1 amide bonds. The summed E-state index contributed by atoms with van der Waals surface area (Å²) < 4.78 is 0. The van der Waals surface area contributed by atoms with Crippen LogP contribution in [0.15, 0.2) is 48.5 Å². The molecule has 0 fully saturated rings. The summed E-state index contributed by atoms with van der Waals surface area (Å²) in [6, 6.07) is 13.9. The van der Waals surface area contributed by atoms with Gasteiger partial charge in [-0.3, -0.25) is 9.59 Å². The van der Waals surface area contributed by atoms with Gasteiger partial charge >= 0.3 is 0 Å². The summed E-state index contributed by atoms with van der Waals surface area (Å²) in [5.41, 5.74) is 1.32. The van der Waals surface area contributed by atoms with E-state index in [1.807, 2.05) is 24.3 Å². The lowest BCUT2D eigenvalue weighted by molar-refractivity contribution is 0.101. The molecular weight excluding hydrogens is 266 g/mol. The van der Waals surface area contributed by atoms with Gasteiger partial charge in [0.1, 0.15) is 5.82 Å². The number of nitrogens with zero attached hydrogens (tertiary/aromatic N) is 2. The van der Waals surface area contributed by atoms with E-state index in [9.17, 15) is 9.59 Å². The SMILES string of the molecule is O=Cc1ccccc1C(=O)Nc1n[c]nc2ccccc12. The van der Waals surface area contributed by atoms with Gasteiger partial charge in [0, 0.05) is 10.9 Å². The molecule has 0 saturated carbocycles. The maximum atomic E-state index is 12.3. The fourth-order valence-electron chi connectivity index (χ4n) is 2.04. The first kappa shape index (κ1) is 12.9. The Kier molecular flexibility index (Phi) is 3.39. The molecule has 3 rings (SSSR count). The zero-order chi connectivity index (χ0) is 14.7. The van der Waals surface area contributed by atoms with Crippen LogP contribution in [0.3, 0.4) is 0 Å². The number of anilines is 1. The summed E-state index contributed by atoms with van der Waals surface area (Å²) in [7, 11) is 0. The Morgan fingerprint density at radius 2 is 1.81 bits per heavy atom. The van der Waals surface area contributed by atoms with Crippen LogP contribution >= 0.6 is 0 Å². The fraction of sp³-hybridized carbons (Fsp3) is 0. The van der Waals surface area contributed by atoms with E-state index in [2.05, 4.69) is 21.6 Å². The molecule has 2 aromatic carbocycles. The van der Waals surface area contributed by atoms with Crippen LogP contribution in [-0.2, 0) is 0 Å². The molecule has 0 aliphatic rings. The predicted octanol–water partition coefficient (Wildman–Crippen LogP) is 2.49. The van der Waals surface area contributed by atoms with Crippen LogP contribution < -0.4 is 5.32 Å². The van der Waals surface area contributed by atoms with Crippen molar-refractivity contribution in [3.05, 3.63) is 66.0 Å². The molecule has 0 unspecified atom stereocenters. The molecule has 5 heteroatoms. The van der Waals surface area contributed by atoms with Crippen LogP contribution in [0.25, 0.3) is 10.9 Å². The number of benzene rings is 2. The van der Waals surface area contributed by atoms with Crippen molar-refractivity contribution in [2.45, 2.75) is 0 Å². The van der Waals surface area contributed by atoms with Crippen molar-refractivity contribution in [3.63, 3.8) is 0 Å². The Bertz CT molecular complexity index is 825. The second-order valence-electron chi connectivity index (χ2n) is 4.35. The Balaban J connectivity index is 1.99. The van der Waals surface area contributed by atoms with Crippen LogP contribution in [0.1, 0.15) is 20.7 Å². The van der Waals surface area contributed by atoms with Crippen molar-refractivity contribution in [1.29, 1.82) is 0 Å². The van der Waals surface area contributed by atoms with Crippen molar-refractivity contribution < 1.29 is 9.59 Å². The first-order valence-electron chi connectivity index (χ1n) is 6.28. The van der Waals surface area contributed by atoms with E-state index < -0.39 is 5.91 Å². The summed E-state index contributed by atoms with van der Waals surface area (Å²) in [6.45, 7) is 0. The molecule has 1 N–H and O–H groups in total. The monoisotopic (exact) mass is 276 g/mol. The summed E-state index contributed by atoms with van der Waals surface area (Å²) in [6.07, 6.45) is 3.16. The van der Waals surface area contributed by atoms with E-state index >= 15 is 0 Å². The van der Waals surface area contributed by atoms with Gasteiger partial charge in [-0.15, -0.1) is 0 Å². The van der Waals surface area contributed by atoms with E-state index in [4.69, 9.17) is 0 Å². The molecule has 101 valence electrons. The van der Waals surface area contributed by atoms with E-state index in [0.717, 1.165) is 0 Å². The lowest BCUT2D eigenvalue weighted by Crippen LogP contribution is -2.15. The standard InChI is InChI=1S/C16H10N3O2/c20-9-11-5-1-2-6-12(11)16(21)19-15-13-7-3-4-8-14(13)17-10-18-15/h1-9H,(H,17,18,19,21). The van der Waals surface area contributed by atoms with Crippen LogP contribution in [0.2, 0.25) is 0 Å². The van der Waals surface area contributed by atoms with Gasteiger partial charge in [-0.25, -0.2) is 9.97 Å². The predicted molar refractivity (Wildman–Crippen MR) is 78.2 cm³/mol. The molecule has 3 aromatic rings. The zero-order valence-electron chi connectivity index (χ0n) is 10.9. The summed E-state index contributed by atoms with van der Waals surface area (Å²) in [5, 5.41) is 3.41. The average Bonchev–Trinajstić information content (AvgIpc) is 2.55. The molecule has 1 aromatic heterocycles. The number of nitrogens with one attached hydrogen (secondary N) is 1. The number of carbonyl (C=O) groups excluding carboxylic acids is 2. The first-order chi connectivity index (χ1) is 10.3. The van der Waals surface area contributed by atoms with Crippen molar-refractivity contribution in [1.82, 2.24) is 9.97 Å². The lowest BCUT2D eigenvalue weighted by Gasteiger charge is -2.08. The molecule has 5 nitrogen and oxygen atoms in total. The smallest absolute Gasteiger partial charge is 0.257 e. The first-order valence-corrected chi connectivity index (χ1v) is 6.28. The maximum Gasteiger partial charge on any atom is 0.257 e. The van der Waals surface area contributed by atoms with Gasteiger partial charge in [0.05, 0.1) is 11.1 Å². The van der Waals surface area contributed by atoms with Gasteiger partial charge in [-0.2, -0.15) is 0 Å². The summed E-state index contributed by atoms with van der Waals surface area (Å²) >= 11 is 0. The van der Waals surface area contributed by atoms with Crippen LogP contribution in [-0.4, -0.2) is 22.2 Å². The molecule has 21 heavy (non-hydrogen) atoms. The van der Waals surface area contributed by atoms with Gasteiger partial charge in [0.25, 0.3) is 5.91 Å². The Morgan fingerprint density at radius 3 is 2.67 bits per heavy atom. The third kappa shape index (κ3) is 2.49. The van der Waals surface area contributed by atoms with Gasteiger partial charge < -0.3 is 5.32 Å². The number of hydrogen-bond donors (Lipinski definition) is 1. The van der Waals surface area contributed by atoms with Crippen molar-refractivity contribution in [2.24, 2.45) is 0 Å². The third-order valence-corrected chi connectivity index (χ3v) is 3.06. The van der Waals surface area contributed by atoms with E-state index in [1.54, 1.807) is 24.3 Å². The molecule has 1 radical (unpaired) electrons. The minimum absolute atomic E-state index is 0.301. The average molecular weight is 276 g/mol. The minimum Gasteiger partial charge on any atom is -0.306 e. The van der Waals surface area contributed by atoms with Gasteiger partial charge in [0.15, 0.2) is 12.6 Å². The number of rotatable bonds is 3. The highest BCUT2D eigenvalue weighted by molar-refractivity contribution is 6.10. The van der Waals surface area contributed by atoms with Crippen LogP contribution in [0.5, 0.6) is 0 Å². The number of aromatic nitrogens is 2. The summed E-state index contributed by atoms with van der Waals surface area (Å²) in [5.74, 6) is -0.0266.